The van der Waals surface area contributed by atoms with Crippen LogP contribution in [0.1, 0.15) is 71.6 Å². The van der Waals surface area contributed by atoms with E-state index in [0.717, 1.165) is 38.5 Å². The summed E-state index contributed by atoms with van der Waals surface area (Å²) in [5.41, 5.74) is -2.38. The van der Waals surface area contributed by atoms with Crippen LogP contribution in [0.25, 0.3) is 0 Å². The van der Waals surface area contributed by atoms with E-state index in [2.05, 4.69) is 6.92 Å². The SMILES string of the molecule is CC(=O)[C@H]1CC[C@H]2[C@@H]3CC[C@H]4C[C@@](O)(C(F)(F)F)CC[C@@H]4[C@H]3CC[C@]12C. The summed E-state index contributed by atoms with van der Waals surface area (Å²) in [6.07, 6.45) is 1.70. The van der Waals surface area contributed by atoms with E-state index in [1.165, 1.54) is 0 Å². The van der Waals surface area contributed by atoms with Gasteiger partial charge in [-0.1, -0.05) is 6.92 Å². The molecular formula is C21H31F3O2. The monoisotopic (exact) mass is 372 g/mol. The average molecular weight is 372 g/mol. The number of rotatable bonds is 1. The zero-order chi connectivity index (χ0) is 18.9. The van der Waals surface area contributed by atoms with Crippen LogP contribution in [0.4, 0.5) is 13.2 Å². The normalized spacial score (nSPS) is 51.3. The van der Waals surface area contributed by atoms with Gasteiger partial charge in [0.25, 0.3) is 0 Å². The smallest absolute Gasteiger partial charge is 0.380 e. The lowest BCUT2D eigenvalue weighted by Gasteiger charge is -2.57. The molecule has 5 heteroatoms. The zero-order valence-corrected chi connectivity index (χ0v) is 15.8. The van der Waals surface area contributed by atoms with E-state index in [4.69, 9.17) is 0 Å². The molecule has 1 N–H and O–H groups in total. The summed E-state index contributed by atoms with van der Waals surface area (Å²) in [6.45, 7) is 4.02. The summed E-state index contributed by atoms with van der Waals surface area (Å²) in [5, 5.41) is 10.2. The second-order valence-corrected chi connectivity index (χ2v) is 9.99. The minimum Gasteiger partial charge on any atom is -0.380 e. The quantitative estimate of drug-likeness (QED) is 0.692. The highest BCUT2D eigenvalue weighted by Gasteiger charge is 2.62. The number of hydrogen-bond donors (Lipinski definition) is 1. The zero-order valence-electron chi connectivity index (χ0n) is 15.8. The molecule has 0 aromatic heterocycles. The number of halogens is 3. The average Bonchev–Trinajstić information content (AvgIpc) is 2.90. The van der Waals surface area contributed by atoms with Crippen LogP contribution in [0.3, 0.4) is 0 Å². The van der Waals surface area contributed by atoms with Crippen molar-refractivity contribution < 1.29 is 23.1 Å². The van der Waals surface area contributed by atoms with E-state index in [1.807, 2.05) is 0 Å². The second-order valence-electron chi connectivity index (χ2n) is 9.99. The molecule has 0 aromatic rings. The van der Waals surface area contributed by atoms with Crippen molar-refractivity contribution in [2.24, 2.45) is 40.9 Å². The van der Waals surface area contributed by atoms with Crippen molar-refractivity contribution >= 4 is 5.78 Å². The van der Waals surface area contributed by atoms with E-state index in [0.29, 0.717) is 35.9 Å². The summed E-state index contributed by atoms with van der Waals surface area (Å²) < 4.78 is 39.8. The fourth-order valence-corrected chi connectivity index (χ4v) is 7.80. The van der Waals surface area contributed by atoms with Crippen LogP contribution in [0, 0.1) is 40.9 Å². The highest BCUT2D eigenvalue weighted by Crippen LogP contribution is 2.65. The van der Waals surface area contributed by atoms with Crippen molar-refractivity contribution in [3.05, 3.63) is 0 Å². The first-order valence-corrected chi connectivity index (χ1v) is 10.4. The topological polar surface area (TPSA) is 37.3 Å². The highest BCUT2D eigenvalue weighted by atomic mass is 19.4. The summed E-state index contributed by atoms with van der Waals surface area (Å²) in [5.74, 6) is 2.44. The van der Waals surface area contributed by atoms with Gasteiger partial charge in [0.2, 0.25) is 0 Å². The molecule has 148 valence electrons. The number of fused-ring (bicyclic) bond motifs is 5. The Morgan fingerprint density at radius 2 is 1.65 bits per heavy atom. The van der Waals surface area contributed by atoms with Gasteiger partial charge in [-0.05, 0) is 99.7 Å². The van der Waals surface area contributed by atoms with Crippen LogP contribution >= 0.6 is 0 Å². The van der Waals surface area contributed by atoms with Crippen LogP contribution in [-0.4, -0.2) is 22.7 Å². The number of carbonyl (C=O) groups is 1. The first-order valence-electron chi connectivity index (χ1n) is 10.4. The number of aliphatic hydroxyl groups is 1. The minimum absolute atomic E-state index is 0.00554. The number of ketones is 1. The maximum atomic E-state index is 13.3. The molecule has 4 aliphatic carbocycles. The number of alkyl halides is 3. The summed E-state index contributed by atoms with van der Waals surface area (Å²) in [4.78, 5) is 12.1. The first kappa shape index (κ1) is 18.8. The molecule has 4 aliphatic rings. The molecule has 0 aliphatic heterocycles. The summed E-state index contributed by atoms with van der Waals surface area (Å²) >= 11 is 0. The van der Waals surface area contributed by atoms with Gasteiger partial charge in [-0.2, -0.15) is 13.2 Å². The van der Waals surface area contributed by atoms with Crippen molar-refractivity contribution in [1.29, 1.82) is 0 Å². The van der Waals surface area contributed by atoms with E-state index >= 15 is 0 Å². The van der Waals surface area contributed by atoms with Gasteiger partial charge in [0, 0.05) is 5.92 Å². The van der Waals surface area contributed by atoms with Crippen LogP contribution in [0.2, 0.25) is 0 Å². The lowest BCUT2D eigenvalue weighted by Crippen LogP contribution is -2.55. The molecule has 4 saturated carbocycles. The third-order valence-electron chi connectivity index (χ3n) is 9.03. The Morgan fingerprint density at radius 3 is 2.31 bits per heavy atom. The third-order valence-corrected chi connectivity index (χ3v) is 9.03. The molecule has 2 nitrogen and oxygen atoms in total. The van der Waals surface area contributed by atoms with E-state index in [-0.39, 0.29) is 30.1 Å². The van der Waals surface area contributed by atoms with Crippen LogP contribution in [0.15, 0.2) is 0 Å². The van der Waals surface area contributed by atoms with Crippen LogP contribution in [0.5, 0.6) is 0 Å². The molecule has 0 radical (unpaired) electrons. The molecule has 0 bridgehead atoms. The Hall–Kier alpha value is -0.580. The predicted octanol–water partition coefficient (Wildman–Crippen LogP) is 5.14. The molecule has 0 aromatic carbocycles. The molecule has 0 saturated heterocycles. The largest absolute Gasteiger partial charge is 0.417 e. The molecule has 0 amide bonds. The minimum atomic E-state index is -4.51. The van der Waals surface area contributed by atoms with Gasteiger partial charge < -0.3 is 5.11 Å². The van der Waals surface area contributed by atoms with E-state index in [9.17, 15) is 23.1 Å². The van der Waals surface area contributed by atoms with Crippen molar-refractivity contribution in [3.8, 4) is 0 Å². The molecule has 4 fully saturated rings. The van der Waals surface area contributed by atoms with E-state index in [1.54, 1.807) is 6.92 Å². The maximum absolute atomic E-state index is 13.3. The van der Waals surface area contributed by atoms with Gasteiger partial charge >= 0.3 is 6.18 Å². The number of hydrogen-bond acceptors (Lipinski definition) is 2. The molecular weight excluding hydrogens is 341 g/mol. The van der Waals surface area contributed by atoms with Crippen molar-refractivity contribution in [2.45, 2.75) is 83.4 Å². The van der Waals surface area contributed by atoms with Crippen LogP contribution in [-0.2, 0) is 4.79 Å². The van der Waals surface area contributed by atoms with Gasteiger partial charge in [0.1, 0.15) is 5.78 Å². The van der Waals surface area contributed by atoms with Gasteiger partial charge in [-0.25, -0.2) is 0 Å². The van der Waals surface area contributed by atoms with Gasteiger partial charge in [0.15, 0.2) is 5.60 Å². The molecule has 8 atom stereocenters. The molecule has 4 rings (SSSR count). The lowest BCUT2D eigenvalue weighted by atomic mass is 9.49. The maximum Gasteiger partial charge on any atom is 0.417 e. The van der Waals surface area contributed by atoms with Gasteiger partial charge in [0.05, 0.1) is 0 Å². The molecule has 0 spiro atoms. The standard InChI is InChI=1S/C21H31F3O2/c1-12(25)17-5-6-18-16-4-3-13-11-20(26,21(22,23)24)10-8-14(13)15(16)7-9-19(17,18)2/h13-18,26H,3-11H2,1-2H3/t13-,14-,15+,16+,17+,18-,19+,20+/m0/s1. The van der Waals surface area contributed by atoms with Crippen LogP contribution < -0.4 is 0 Å². The Kier molecular flexibility index (Phi) is 4.30. The van der Waals surface area contributed by atoms with Crippen molar-refractivity contribution in [3.63, 3.8) is 0 Å². The van der Waals surface area contributed by atoms with Crippen molar-refractivity contribution in [1.82, 2.24) is 0 Å². The first-order chi connectivity index (χ1) is 12.1. The third kappa shape index (κ3) is 2.59. The molecule has 0 unspecified atom stereocenters. The lowest BCUT2D eigenvalue weighted by molar-refractivity contribution is -0.282. The summed E-state index contributed by atoms with van der Waals surface area (Å²) in [7, 11) is 0. The van der Waals surface area contributed by atoms with Gasteiger partial charge in [-0.3, -0.25) is 4.79 Å². The number of carbonyl (C=O) groups excluding carboxylic acids is 1. The van der Waals surface area contributed by atoms with E-state index < -0.39 is 11.8 Å². The molecule has 0 heterocycles. The summed E-state index contributed by atoms with van der Waals surface area (Å²) in [6, 6.07) is 0. The molecule has 26 heavy (non-hydrogen) atoms. The number of Topliss-reactive ketones (excluding diaryl/α,β-unsaturated/α-hetero) is 1. The fraction of sp³-hybridized carbons (Fsp3) is 0.952. The fourth-order valence-electron chi connectivity index (χ4n) is 7.80. The van der Waals surface area contributed by atoms with Gasteiger partial charge in [-0.15, -0.1) is 0 Å². The Bertz CT molecular complexity index is 588. The van der Waals surface area contributed by atoms with Crippen molar-refractivity contribution in [2.75, 3.05) is 0 Å². The second kappa shape index (κ2) is 5.96. The predicted molar refractivity (Wildman–Crippen MR) is 92.3 cm³/mol. The highest BCUT2D eigenvalue weighted by molar-refractivity contribution is 5.79. The Balaban J connectivity index is 1.53. The Labute approximate surface area is 153 Å². The Morgan fingerprint density at radius 1 is 0.962 bits per heavy atom.